The summed E-state index contributed by atoms with van der Waals surface area (Å²) in [5, 5.41) is 13.4. The topological polar surface area (TPSA) is 70.4 Å². The lowest BCUT2D eigenvalue weighted by atomic mass is 10.0. The third kappa shape index (κ3) is 4.82. The number of nitrogens with one attached hydrogen (secondary N) is 1. The lowest BCUT2D eigenvalue weighted by Gasteiger charge is -2.25. The van der Waals surface area contributed by atoms with E-state index >= 15 is 0 Å². The van der Waals surface area contributed by atoms with E-state index in [1.165, 1.54) is 29.3 Å². The molecule has 1 atom stereocenters. The molecule has 0 aliphatic carbocycles. The van der Waals surface area contributed by atoms with Crippen LogP contribution in [0.3, 0.4) is 0 Å². The van der Waals surface area contributed by atoms with Crippen molar-refractivity contribution in [3.63, 3.8) is 0 Å². The predicted octanol–water partition coefficient (Wildman–Crippen LogP) is 4.39. The number of benzene rings is 2. The molecule has 6 nitrogen and oxygen atoms in total. The van der Waals surface area contributed by atoms with Crippen molar-refractivity contribution in [3.05, 3.63) is 88.8 Å². The van der Waals surface area contributed by atoms with Crippen molar-refractivity contribution in [2.24, 2.45) is 0 Å². The summed E-state index contributed by atoms with van der Waals surface area (Å²) in [7, 11) is 0. The number of nitrogens with zero attached hydrogens (tertiary/aromatic N) is 3. The van der Waals surface area contributed by atoms with Gasteiger partial charge in [0, 0.05) is 24.4 Å². The van der Waals surface area contributed by atoms with Gasteiger partial charge in [-0.25, -0.2) is 10.2 Å². The standard InChI is InChI=1S/C26H30N4O2/c1-19-24(20(2)30(27-19)23-7-4-3-5-8-23)16-18-29-17-6-9-25(29)22-13-10-21(11-14-22)12-15-26(31)28-32/h3-5,7-8,10-15,25,32H,6,9,16-18H2,1-2H3,(H,28,31)/b15-12+. The zero-order chi connectivity index (χ0) is 22.5. The first-order valence-electron chi connectivity index (χ1n) is 11.1. The van der Waals surface area contributed by atoms with Crippen molar-refractivity contribution >= 4 is 12.0 Å². The average Bonchev–Trinajstić information content (AvgIpc) is 3.41. The average molecular weight is 431 g/mol. The number of amides is 1. The van der Waals surface area contributed by atoms with E-state index in [9.17, 15) is 4.79 Å². The molecule has 0 saturated carbocycles. The van der Waals surface area contributed by atoms with E-state index in [4.69, 9.17) is 10.3 Å². The van der Waals surface area contributed by atoms with Crippen LogP contribution in [0.25, 0.3) is 11.8 Å². The molecule has 1 aromatic heterocycles. The molecule has 32 heavy (non-hydrogen) atoms. The molecule has 3 aromatic rings. The summed E-state index contributed by atoms with van der Waals surface area (Å²) < 4.78 is 2.05. The lowest BCUT2D eigenvalue weighted by Crippen LogP contribution is -2.26. The van der Waals surface area contributed by atoms with Gasteiger partial charge in [-0.1, -0.05) is 42.5 Å². The van der Waals surface area contributed by atoms with Crippen molar-refractivity contribution in [2.45, 2.75) is 39.2 Å². The van der Waals surface area contributed by atoms with Gasteiger partial charge in [0.25, 0.3) is 5.91 Å². The van der Waals surface area contributed by atoms with Gasteiger partial charge in [-0.05, 0) is 74.6 Å². The van der Waals surface area contributed by atoms with Gasteiger partial charge in [0.05, 0.1) is 11.4 Å². The molecule has 0 bridgehead atoms. The van der Waals surface area contributed by atoms with Crippen LogP contribution in [0.5, 0.6) is 0 Å². The predicted molar refractivity (Wildman–Crippen MR) is 126 cm³/mol. The normalized spacial score (nSPS) is 16.7. The zero-order valence-electron chi connectivity index (χ0n) is 18.7. The van der Waals surface area contributed by atoms with Crippen molar-refractivity contribution in [1.82, 2.24) is 20.2 Å². The van der Waals surface area contributed by atoms with Crippen LogP contribution in [0, 0.1) is 13.8 Å². The number of aromatic nitrogens is 2. The second kappa shape index (κ2) is 9.94. The molecule has 1 fully saturated rings. The highest BCUT2D eigenvalue weighted by molar-refractivity contribution is 5.90. The molecular formula is C26H30N4O2. The van der Waals surface area contributed by atoms with Gasteiger partial charge < -0.3 is 0 Å². The van der Waals surface area contributed by atoms with Gasteiger partial charge >= 0.3 is 0 Å². The number of rotatable bonds is 7. The Hall–Kier alpha value is -3.22. The third-order valence-electron chi connectivity index (χ3n) is 6.31. The van der Waals surface area contributed by atoms with Crippen LogP contribution in [0.4, 0.5) is 0 Å². The van der Waals surface area contributed by atoms with Crippen molar-refractivity contribution in [3.8, 4) is 5.69 Å². The monoisotopic (exact) mass is 430 g/mol. The van der Waals surface area contributed by atoms with E-state index in [-0.39, 0.29) is 0 Å². The van der Waals surface area contributed by atoms with Crippen LogP contribution in [0.1, 0.15) is 47.0 Å². The van der Waals surface area contributed by atoms with Crippen molar-refractivity contribution in [2.75, 3.05) is 13.1 Å². The Labute approximate surface area is 189 Å². The van der Waals surface area contributed by atoms with Crippen molar-refractivity contribution in [1.29, 1.82) is 0 Å². The second-order valence-electron chi connectivity index (χ2n) is 8.32. The van der Waals surface area contributed by atoms with Crippen LogP contribution < -0.4 is 5.48 Å². The number of hydrogen-bond donors (Lipinski definition) is 2. The van der Waals surface area contributed by atoms with Crippen LogP contribution in [-0.2, 0) is 11.2 Å². The maximum absolute atomic E-state index is 11.2. The molecule has 1 unspecified atom stereocenters. The van der Waals surface area contributed by atoms with Crippen molar-refractivity contribution < 1.29 is 10.0 Å². The lowest BCUT2D eigenvalue weighted by molar-refractivity contribution is -0.124. The highest BCUT2D eigenvalue weighted by atomic mass is 16.5. The number of carbonyl (C=O) groups excluding carboxylic acids is 1. The second-order valence-corrected chi connectivity index (χ2v) is 8.32. The van der Waals surface area contributed by atoms with E-state index in [0.29, 0.717) is 6.04 Å². The summed E-state index contributed by atoms with van der Waals surface area (Å²) >= 11 is 0. The van der Waals surface area contributed by atoms with E-state index in [0.717, 1.165) is 42.9 Å². The number of para-hydroxylation sites is 1. The molecule has 166 valence electrons. The summed E-state index contributed by atoms with van der Waals surface area (Å²) in [5.41, 5.74) is 8.60. The number of hydrogen-bond acceptors (Lipinski definition) is 4. The third-order valence-corrected chi connectivity index (χ3v) is 6.31. The Morgan fingerprint density at radius 2 is 1.91 bits per heavy atom. The molecule has 2 aromatic carbocycles. The van der Waals surface area contributed by atoms with Crippen LogP contribution >= 0.6 is 0 Å². The van der Waals surface area contributed by atoms with E-state index in [2.05, 4.69) is 47.7 Å². The zero-order valence-corrected chi connectivity index (χ0v) is 18.7. The minimum atomic E-state index is -0.530. The molecule has 0 radical (unpaired) electrons. The van der Waals surface area contributed by atoms with Crippen LogP contribution in [0.15, 0.2) is 60.7 Å². The molecule has 6 heteroatoms. The maximum atomic E-state index is 11.2. The first-order valence-corrected chi connectivity index (χ1v) is 11.1. The Morgan fingerprint density at radius 1 is 1.16 bits per heavy atom. The smallest absolute Gasteiger partial charge is 0.267 e. The molecule has 0 spiro atoms. The Bertz CT molecular complexity index is 1090. The van der Waals surface area contributed by atoms with E-state index < -0.39 is 5.91 Å². The summed E-state index contributed by atoms with van der Waals surface area (Å²) in [6, 6.07) is 19.0. The van der Waals surface area contributed by atoms with Gasteiger partial charge in [-0.2, -0.15) is 5.10 Å². The minimum absolute atomic E-state index is 0.415. The highest BCUT2D eigenvalue weighted by Gasteiger charge is 2.26. The molecule has 2 heterocycles. The van der Waals surface area contributed by atoms with Gasteiger partial charge in [-0.15, -0.1) is 0 Å². The molecule has 1 amide bonds. The van der Waals surface area contributed by atoms with Crippen LogP contribution in [-0.4, -0.2) is 38.9 Å². The summed E-state index contributed by atoms with van der Waals surface area (Å²) in [6.45, 7) is 6.37. The molecule has 2 N–H and O–H groups in total. The van der Waals surface area contributed by atoms with Gasteiger partial charge in [0.1, 0.15) is 0 Å². The SMILES string of the molecule is Cc1nn(-c2ccccc2)c(C)c1CCN1CCCC1c1ccc(/C=C/C(=O)NO)cc1. The quantitative estimate of drug-likeness (QED) is 0.331. The molecule has 4 rings (SSSR count). The Kier molecular flexibility index (Phi) is 6.83. The number of hydroxylamine groups is 1. The summed E-state index contributed by atoms with van der Waals surface area (Å²) in [4.78, 5) is 13.7. The van der Waals surface area contributed by atoms with Crippen LogP contribution in [0.2, 0.25) is 0 Å². The molecular weight excluding hydrogens is 400 g/mol. The molecule has 1 aliphatic rings. The molecule has 1 saturated heterocycles. The fourth-order valence-electron chi connectivity index (χ4n) is 4.62. The number of carbonyl (C=O) groups is 1. The fraction of sp³-hybridized carbons (Fsp3) is 0.308. The summed E-state index contributed by atoms with van der Waals surface area (Å²) in [6.07, 6.45) is 6.35. The van der Waals surface area contributed by atoms with Gasteiger partial charge in [0.15, 0.2) is 0 Å². The first kappa shape index (κ1) is 22.0. The largest absolute Gasteiger partial charge is 0.296 e. The number of aryl methyl sites for hydroxylation is 1. The highest BCUT2D eigenvalue weighted by Crippen LogP contribution is 2.32. The molecule has 1 aliphatic heterocycles. The summed E-state index contributed by atoms with van der Waals surface area (Å²) in [5.74, 6) is -0.530. The number of likely N-dealkylation sites (tertiary alicyclic amines) is 1. The van der Waals surface area contributed by atoms with Gasteiger partial charge in [0.2, 0.25) is 0 Å². The fourth-order valence-corrected chi connectivity index (χ4v) is 4.62. The van der Waals surface area contributed by atoms with E-state index in [1.54, 1.807) is 11.6 Å². The van der Waals surface area contributed by atoms with E-state index in [1.807, 2.05) is 30.3 Å². The maximum Gasteiger partial charge on any atom is 0.267 e. The minimum Gasteiger partial charge on any atom is -0.296 e. The Morgan fingerprint density at radius 3 is 2.62 bits per heavy atom. The van der Waals surface area contributed by atoms with Gasteiger partial charge in [-0.3, -0.25) is 14.9 Å². The Balaban J connectivity index is 1.44. The first-order chi connectivity index (χ1) is 15.6.